The predicted octanol–water partition coefficient (Wildman–Crippen LogP) is 2.74. The van der Waals surface area contributed by atoms with Crippen LogP contribution in [0.2, 0.25) is 0 Å². The van der Waals surface area contributed by atoms with Crippen molar-refractivity contribution < 1.29 is 16.1 Å². The molecule has 0 fully saturated rings. The number of aliphatic hydroxyl groups excluding tert-OH is 1. The number of rotatable bonds is 6. The molecule has 0 saturated heterocycles. The van der Waals surface area contributed by atoms with Crippen molar-refractivity contribution >= 4 is 5.97 Å². The number of aliphatic hydroxyl groups is 1. The minimum Gasteiger partial charge on any atom is -0.462 e. The molecule has 3 heteroatoms. The number of esters is 1. The van der Waals surface area contributed by atoms with Crippen molar-refractivity contribution in [3.8, 4) is 0 Å². The standard InChI is InChI=1S/C8H13O2.C4H10O.H2/c1-3-5-7-10-8(9)6-4-2;1-2-3-4-5;/h4,6H,1,3,5,7H2,2H3;5H,2-4H2,1H3;1H/q+1;;/b6-4+;;. The van der Waals surface area contributed by atoms with Gasteiger partial charge in [-0.15, -0.1) is 0 Å². The molecule has 0 atom stereocenters. The molecule has 0 heterocycles. The van der Waals surface area contributed by atoms with E-state index in [1.165, 1.54) is 6.08 Å². The quantitative estimate of drug-likeness (QED) is 0.322. The monoisotopic (exact) mass is 217 g/mol. The van der Waals surface area contributed by atoms with E-state index in [0.29, 0.717) is 13.2 Å². The zero-order valence-electron chi connectivity index (χ0n) is 9.87. The Balaban J connectivity index is -0.000000242. The predicted molar refractivity (Wildman–Crippen MR) is 64.5 cm³/mol. The third-order valence-corrected chi connectivity index (χ3v) is 1.45. The molecular formula is C12H25O3+. The molecule has 0 aliphatic carbocycles. The summed E-state index contributed by atoms with van der Waals surface area (Å²) in [6, 6.07) is 0. The van der Waals surface area contributed by atoms with Gasteiger partial charge in [0, 0.05) is 20.5 Å². The van der Waals surface area contributed by atoms with Crippen LogP contribution >= 0.6 is 0 Å². The Morgan fingerprint density at radius 3 is 2.53 bits per heavy atom. The van der Waals surface area contributed by atoms with Gasteiger partial charge in [0.05, 0.1) is 20.0 Å². The third-order valence-electron chi connectivity index (χ3n) is 1.45. The van der Waals surface area contributed by atoms with Crippen molar-refractivity contribution in [1.82, 2.24) is 0 Å². The van der Waals surface area contributed by atoms with E-state index >= 15 is 0 Å². The number of unbranched alkanes of at least 4 members (excludes halogenated alkanes) is 2. The Hall–Kier alpha value is -0.960. The minimum atomic E-state index is -0.268. The molecule has 0 spiro atoms. The lowest BCUT2D eigenvalue weighted by molar-refractivity contribution is -0.137. The molecule has 0 unspecified atom stereocenters. The molecule has 0 amide bonds. The fourth-order valence-electron chi connectivity index (χ4n) is 0.617. The Bertz CT molecular complexity index is 156. The van der Waals surface area contributed by atoms with Crippen LogP contribution in [0.3, 0.4) is 0 Å². The molecule has 3 nitrogen and oxygen atoms in total. The van der Waals surface area contributed by atoms with Crippen LogP contribution in [0.25, 0.3) is 0 Å². The van der Waals surface area contributed by atoms with E-state index in [2.05, 4.69) is 13.8 Å². The van der Waals surface area contributed by atoms with E-state index in [4.69, 9.17) is 9.84 Å². The Morgan fingerprint density at radius 1 is 1.53 bits per heavy atom. The highest BCUT2D eigenvalue weighted by Gasteiger charge is 1.94. The van der Waals surface area contributed by atoms with Gasteiger partial charge < -0.3 is 9.84 Å². The summed E-state index contributed by atoms with van der Waals surface area (Å²) in [6.07, 6.45) is 6.75. The van der Waals surface area contributed by atoms with Crippen molar-refractivity contribution in [2.75, 3.05) is 13.2 Å². The number of carbonyl (C=O) groups excluding carboxylic acids is 1. The van der Waals surface area contributed by atoms with Crippen molar-refractivity contribution in [2.45, 2.75) is 39.5 Å². The van der Waals surface area contributed by atoms with Gasteiger partial charge in [-0.1, -0.05) is 19.4 Å². The molecule has 1 N–H and O–H groups in total. The Morgan fingerprint density at radius 2 is 2.20 bits per heavy atom. The molecule has 0 saturated carbocycles. The lowest BCUT2D eigenvalue weighted by atomic mass is 10.4. The number of ether oxygens (including phenoxy) is 1. The molecule has 15 heavy (non-hydrogen) atoms. The summed E-state index contributed by atoms with van der Waals surface area (Å²) in [5, 5.41) is 8.07. The van der Waals surface area contributed by atoms with Crippen LogP contribution < -0.4 is 0 Å². The minimum absolute atomic E-state index is 0. The SMILES string of the molecule is CCCCO.[CH2+]CCCOC(=O)/C=C/C.[HH]. The van der Waals surface area contributed by atoms with Gasteiger partial charge in [0.25, 0.3) is 0 Å². The highest BCUT2D eigenvalue weighted by Crippen LogP contribution is 1.88. The van der Waals surface area contributed by atoms with Crippen molar-refractivity contribution in [3.63, 3.8) is 0 Å². The maximum absolute atomic E-state index is 10.6. The highest BCUT2D eigenvalue weighted by atomic mass is 16.5. The molecule has 0 aromatic rings. The zero-order valence-corrected chi connectivity index (χ0v) is 9.87. The lowest BCUT2D eigenvalue weighted by Crippen LogP contribution is -2.01. The molecule has 0 aromatic heterocycles. The van der Waals surface area contributed by atoms with Gasteiger partial charge in [-0.3, -0.25) is 0 Å². The largest absolute Gasteiger partial charge is 0.462 e. The number of allylic oxidation sites excluding steroid dienone is 1. The fourth-order valence-corrected chi connectivity index (χ4v) is 0.617. The first kappa shape index (κ1) is 16.5. The molecule has 90 valence electrons. The number of hydrogen-bond donors (Lipinski definition) is 1. The second-order valence-electron chi connectivity index (χ2n) is 2.95. The van der Waals surface area contributed by atoms with Gasteiger partial charge in [-0.2, -0.15) is 0 Å². The summed E-state index contributed by atoms with van der Waals surface area (Å²) in [4.78, 5) is 10.6. The van der Waals surface area contributed by atoms with Crippen molar-refractivity contribution in [1.29, 1.82) is 0 Å². The maximum Gasteiger partial charge on any atom is 0.330 e. The average molecular weight is 217 g/mol. The van der Waals surface area contributed by atoms with E-state index in [1.54, 1.807) is 13.0 Å². The van der Waals surface area contributed by atoms with E-state index in [1.807, 2.05) is 0 Å². The molecule has 0 aliphatic heterocycles. The Kier molecular flexibility index (Phi) is 17.0. The van der Waals surface area contributed by atoms with E-state index in [-0.39, 0.29) is 7.40 Å². The van der Waals surface area contributed by atoms with E-state index in [0.717, 1.165) is 25.7 Å². The van der Waals surface area contributed by atoms with Crippen LogP contribution in [0.4, 0.5) is 0 Å². The van der Waals surface area contributed by atoms with Crippen LogP contribution in [-0.4, -0.2) is 24.3 Å². The van der Waals surface area contributed by atoms with Crippen molar-refractivity contribution in [2.24, 2.45) is 0 Å². The second-order valence-corrected chi connectivity index (χ2v) is 2.95. The lowest BCUT2D eigenvalue weighted by Gasteiger charge is -1.96. The summed E-state index contributed by atoms with van der Waals surface area (Å²) >= 11 is 0. The summed E-state index contributed by atoms with van der Waals surface area (Å²) in [5.74, 6) is -0.268. The molecule has 0 rings (SSSR count). The van der Waals surface area contributed by atoms with Gasteiger partial charge in [-0.25, -0.2) is 4.79 Å². The highest BCUT2D eigenvalue weighted by molar-refractivity contribution is 5.81. The van der Waals surface area contributed by atoms with Gasteiger partial charge in [0.1, 0.15) is 0 Å². The first-order chi connectivity index (χ1) is 7.22. The normalized spacial score (nSPS) is 9.53. The summed E-state index contributed by atoms with van der Waals surface area (Å²) < 4.78 is 4.76. The average Bonchev–Trinajstić information content (AvgIpc) is 2.21. The van der Waals surface area contributed by atoms with Gasteiger partial charge in [-0.05, 0) is 13.3 Å². The maximum atomic E-state index is 10.6. The molecule has 0 bridgehead atoms. The van der Waals surface area contributed by atoms with E-state index in [9.17, 15) is 4.79 Å². The summed E-state index contributed by atoms with van der Waals surface area (Å²) in [5.41, 5.74) is 0. The Labute approximate surface area is 94.6 Å². The van der Waals surface area contributed by atoms with Crippen LogP contribution in [0.15, 0.2) is 12.2 Å². The van der Waals surface area contributed by atoms with Crippen LogP contribution in [0.1, 0.15) is 41.0 Å². The first-order valence-corrected chi connectivity index (χ1v) is 5.42. The number of carbonyl (C=O) groups is 1. The van der Waals surface area contributed by atoms with Gasteiger partial charge >= 0.3 is 5.97 Å². The van der Waals surface area contributed by atoms with Crippen LogP contribution in [0, 0.1) is 6.92 Å². The topological polar surface area (TPSA) is 46.5 Å². The second kappa shape index (κ2) is 15.5. The van der Waals surface area contributed by atoms with Gasteiger partial charge in [0.15, 0.2) is 0 Å². The van der Waals surface area contributed by atoms with Crippen LogP contribution in [-0.2, 0) is 9.53 Å². The zero-order chi connectivity index (χ0) is 11.9. The van der Waals surface area contributed by atoms with Crippen molar-refractivity contribution in [3.05, 3.63) is 19.1 Å². The molecular weight excluding hydrogens is 192 g/mol. The molecule has 0 radical (unpaired) electrons. The van der Waals surface area contributed by atoms with Gasteiger partial charge in [0.2, 0.25) is 0 Å². The third kappa shape index (κ3) is 19.4. The van der Waals surface area contributed by atoms with Crippen LogP contribution in [0.5, 0.6) is 0 Å². The fraction of sp³-hybridized carbons (Fsp3) is 0.667. The first-order valence-electron chi connectivity index (χ1n) is 5.42. The molecule has 0 aromatic carbocycles. The molecule has 0 aliphatic rings. The number of hydrogen-bond acceptors (Lipinski definition) is 3. The summed E-state index contributed by atoms with van der Waals surface area (Å²) in [7, 11) is 0. The summed E-state index contributed by atoms with van der Waals surface area (Å²) in [6.45, 7) is 8.27. The van der Waals surface area contributed by atoms with E-state index < -0.39 is 0 Å². The smallest absolute Gasteiger partial charge is 0.330 e.